The Kier molecular flexibility index (Phi) is 4.95. The van der Waals surface area contributed by atoms with E-state index in [0.717, 1.165) is 30.7 Å². The van der Waals surface area contributed by atoms with Gasteiger partial charge in [0.15, 0.2) is 0 Å². The maximum atomic E-state index is 12.4. The van der Waals surface area contributed by atoms with Crippen molar-refractivity contribution in [2.24, 2.45) is 0 Å². The molecule has 2 atom stereocenters. The van der Waals surface area contributed by atoms with Crippen LogP contribution in [-0.2, 0) is 4.79 Å². The highest BCUT2D eigenvalue weighted by Gasteiger charge is 2.37. The van der Waals surface area contributed by atoms with Crippen molar-refractivity contribution >= 4 is 5.91 Å². The van der Waals surface area contributed by atoms with Crippen LogP contribution in [0.25, 0.3) is 0 Å². The Morgan fingerprint density at radius 1 is 1.53 bits per heavy atom. The second-order valence-corrected chi connectivity index (χ2v) is 5.41. The molecule has 19 heavy (non-hydrogen) atoms. The molecule has 1 fully saturated rings. The van der Waals surface area contributed by atoms with Crippen LogP contribution in [0.15, 0.2) is 37.1 Å². The number of allylic oxidation sites excluding steroid dienone is 1. The molecule has 4 nitrogen and oxygen atoms in total. The van der Waals surface area contributed by atoms with Crippen LogP contribution in [0.3, 0.4) is 0 Å². The topological polar surface area (TPSA) is 44.4 Å². The SMILES string of the molecule is C=CC(=C)C(C)NC(=O)C1(C)CCCN(C(=C)C)N1. The maximum absolute atomic E-state index is 12.4. The van der Waals surface area contributed by atoms with Crippen LogP contribution in [0.5, 0.6) is 0 Å². The van der Waals surface area contributed by atoms with Gasteiger partial charge in [-0.15, -0.1) is 0 Å². The average molecular weight is 263 g/mol. The van der Waals surface area contributed by atoms with Crippen molar-refractivity contribution in [2.45, 2.75) is 45.2 Å². The Morgan fingerprint density at radius 3 is 2.68 bits per heavy atom. The van der Waals surface area contributed by atoms with Gasteiger partial charge in [0.25, 0.3) is 0 Å². The van der Waals surface area contributed by atoms with Crippen molar-refractivity contribution in [3.63, 3.8) is 0 Å². The van der Waals surface area contributed by atoms with Crippen LogP contribution >= 0.6 is 0 Å². The molecule has 106 valence electrons. The number of hydrogen-bond donors (Lipinski definition) is 2. The molecule has 4 heteroatoms. The van der Waals surface area contributed by atoms with Crippen molar-refractivity contribution in [2.75, 3.05) is 6.54 Å². The van der Waals surface area contributed by atoms with Crippen molar-refractivity contribution in [1.29, 1.82) is 0 Å². The van der Waals surface area contributed by atoms with Crippen LogP contribution in [0.1, 0.15) is 33.6 Å². The van der Waals surface area contributed by atoms with Gasteiger partial charge in [0.1, 0.15) is 5.54 Å². The van der Waals surface area contributed by atoms with E-state index >= 15 is 0 Å². The summed E-state index contributed by atoms with van der Waals surface area (Å²) >= 11 is 0. The summed E-state index contributed by atoms with van der Waals surface area (Å²) in [6.07, 6.45) is 3.43. The molecule has 2 N–H and O–H groups in total. The average Bonchev–Trinajstić information content (AvgIpc) is 2.37. The van der Waals surface area contributed by atoms with E-state index in [9.17, 15) is 4.79 Å². The molecule has 1 aliphatic heterocycles. The number of nitrogens with zero attached hydrogens (tertiary/aromatic N) is 1. The first-order valence-electron chi connectivity index (χ1n) is 6.63. The van der Waals surface area contributed by atoms with E-state index in [4.69, 9.17) is 0 Å². The molecule has 0 aromatic carbocycles. The van der Waals surface area contributed by atoms with E-state index in [0.29, 0.717) is 0 Å². The molecule has 0 aromatic heterocycles. The fraction of sp³-hybridized carbons (Fsp3) is 0.533. The number of hydrogen-bond acceptors (Lipinski definition) is 3. The summed E-state index contributed by atoms with van der Waals surface area (Å²) in [6, 6.07) is -0.108. The number of hydrazine groups is 1. The van der Waals surface area contributed by atoms with Crippen LogP contribution in [-0.4, -0.2) is 29.0 Å². The first kappa shape index (κ1) is 15.5. The Labute approximate surface area is 116 Å². The highest BCUT2D eigenvalue weighted by atomic mass is 16.2. The van der Waals surface area contributed by atoms with Crippen LogP contribution < -0.4 is 10.7 Å². The molecule has 0 radical (unpaired) electrons. The van der Waals surface area contributed by atoms with Gasteiger partial charge in [-0.25, -0.2) is 5.43 Å². The standard InChI is InChI=1S/C15H25N3O/c1-7-12(4)13(5)16-14(19)15(6)9-8-10-18(17-15)11(2)3/h7,13,17H,1-2,4,8-10H2,3,5-6H3,(H,16,19). The van der Waals surface area contributed by atoms with Gasteiger partial charge in [0, 0.05) is 12.2 Å². The maximum Gasteiger partial charge on any atom is 0.242 e. The highest BCUT2D eigenvalue weighted by molar-refractivity contribution is 5.86. The zero-order chi connectivity index (χ0) is 14.6. The molecular formula is C15H25N3O. The lowest BCUT2D eigenvalue weighted by molar-refractivity contribution is -0.131. The van der Waals surface area contributed by atoms with Gasteiger partial charge in [-0.1, -0.05) is 25.8 Å². The molecule has 1 rings (SSSR count). The fourth-order valence-corrected chi connectivity index (χ4v) is 2.08. The van der Waals surface area contributed by atoms with Gasteiger partial charge in [-0.3, -0.25) is 4.79 Å². The van der Waals surface area contributed by atoms with Crippen LogP contribution in [0.4, 0.5) is 0 Å². The third-order valence-electron chi connectivity index (χ3n) is 3.57. The molecule has 1 amide bonds. The molecule has 0 aliphatic carbocycles. The first-order valence-corrected chi connectivity index (χ1v) is 6.63. The van der Waals surface area contributed by atoms with E-state index in [2.05, 4.69) is 30.5 Å². The molecule has 1 heterocycles. The molecule has 0 saturated carbocycles. The van der Waals surface area contributed by atoms with Gasteiger partial charge >= 0.3 is 0 Å². The van der Waals surface area contributed by atoms with Crippen molar-refractivity contribution in [1.82, 2.24) is 15.8 Å². The van der Waals surface area contributed by atoms with Crippen LogP contribution in [0, 0.1) is 0 Å². The van der Waals surface area contributed by atoms with Gasteiger partial charge in [-0.05, 0) is 39.2 Å². The van der Waals surface area contributed by atoms with Gasteiger partial charge in [0.05, 0.1) is 6.04 Å². The van der Waals surface area contributed by atoms with Gasteiger partial charge in [-0.2, -0.15) is 0 Å². The Balaban J connectivity index is 2.71. The van der Waals surface area contributed by atoms with Crippen molar-refractivity contribution in [3.05, 3.63) is 37.1 Å². The summed E-state index contributed by atoms with van der Waals surface area (Å²) < 4.78 is 0. The number of nitrogens with one attached hydrogen (secondary N) is 2. The molecule has 2 unspecified atom stereocenters. The van der Waals surface area contributed by atoms with Crippen molar-refractivity contribution in [3.8, 4) is 0 Å². The van der Waals surface area contributed by atoms with E-state index in [1.807, 2.05) is 25.8 Å². The number of amides is 1. The van der Waals surface area contributed by atoms with E-state index in [-0.39, 0.29) is 11.9 Å². The Morgan fingerprint density at radius 2 is 2.16 bits per heavy atom. The molecule has 1 saturated heterocycles. The zero-order valence-electron chi connectivity index (χ0n) is 12.3. The highest BCUT2D eigenvalue weighted by Crippen LogP contribution is 2.21. The number of carbonyl (C=O) groups is 1. The second-order valence-electron chi connectivity index (χ2n) is 5.41. The summed E-state index contributed by atoms with van der Waals surface area (Å²) in [4.78, 5) is 12.4. The smallest absolute Gasteiger partial charge is 0.242 e. The zero-order valence-corrected chi connectivity index (χ0v) is 12.3. The normalized spacial score (nSPS) is 24.5. The molecule has 0 spiro atoms. The van der Waals surface area contributed by atoms with Crippen molar-refractivity contribution < 1.29 is 4.79 Å². The lowest BCUT2D eigenvalue weighted by Crippen LogP contribution is -2.63. The minimum Gasteiger partial charge on any atom is -0.348 e. The monoisotopic (exact) mass is 263 g/mol. The second kappa shape index (κ2) is 6.06. The quantitative estimate of drug-likeness (QED) is 0.747. The third-order valence-corrected chi connectivity index (χ3v) is 3.57. The fourth-order valence-electron chi connectivity index (χ4n) is 2.08. The molecule has 1 aliphatic rings. The summed E-state index contributed by atoms with van der Waals surface area (Å²) in [6.45, 7) is 18.1. The Hall–Kier alpha value is -1.55. The Bertz CT molecular complexity index is 402. The largest absolute Gasteiger partial charge is 0.348 e. The summed E-state index contributed by atoms with van der Waals surface area (Å²) in [7, 11) is 0. The lowest BCUT2D eigenvalue weighted by Gasteiger charge is -2.42. The van der Waals surface area contributed by atoms with E-state index in [1.165, 1.54) is 0 Å². The summed E-state index contributed by atoms with van der Waals surface area (Å²) in [5, 5.41) is 4.91. The lowest BCUT2D eigenvalue weighted by atomic mass is 9.92. The van der Waals surface area contributed by atoms with Crippen LogP contribution in [0.2, 0.25) is 0 Å². The molecular weight excluding hydrogens is 238 g/mol. The molecule has 0 aromatic rings. The minimum atomic E-state index is -0.604. The minimum absolute atomic E-state index is 0.0195. The summed E-state index contributed by atoms with van der Waals surface area (Å²) in [5.41, 5.74) is 4.38. The third kappa shape index (κ3) is 3.70. The predicted octanol–water partition coefficient (Wildman–Crippen LogP) is 2.13. The van der Waals surface area contributed by atoms with Gasteiger partial charge in [0.2, 0.25) is 5.91 Å². The first-order chi connectivity index (χ1) is 8.80. The number of rotatable bonds is 5. The van der Waals surface area contributed by atoms with E-state index in [1.54, 1.807) is 6.08 Å². The number of carbonyl (C=O) groups excluding carboxylic acids is 1. The van der Waals surface area contributed by atoms with E-state index < -0.39 is 5.54 Å². The predicted molar refractivity (Wildman–Crippen MR) is 79.2 cm³/mol. The summed E-state index contributed by atoms with van der Waals surface area (Å²) in [5.74, 6) is -0.0195. The van der Waals surface area contributed by atoms with Gasteiger partial charge < -0.3 is 10.3 Å². The molecule has 0 bridgehead atoms.